The minimum absolute atomic E-state index is 0. The van der Waals surface area contributed by atoms with Crippen LogP contribution >= 0.6 is 35.7 Å². The van der Waals surface area contributed by atoms with Crippen LogP contribution in [0.4, 0.5) is 0 Å². The van der Waals surface area contributed by atoms with Crippen molar-refractivity contribution in [3.05, 3.63) is 42.1 Å². The molecule has 0 aromatic carbocycles. The average molecular weight is 505 g/mol. The van der Waals surface area contributed by atoms with Gasteiger partial charge in [0.1, 0.15) is 11.9 Å². The van der Waals surface area contributed by atoms with Gasteiger partial charge in [0.05, 0.1) is 32.2 Å². The molecular formula is C18H28IN5O2S. The van der Waals surface area contributed by atoms with Crippen LogP contribution < -0.4 is 5.32 Å². The van der Waals surface area contributed by atoms with E-state index in [0.29, 0.717) is 6.61 Å². The van der Waals surface area contributed by atoms with Crippen molar-refractivity contribution in [2.24, 2.45) is 12.0 Å². The van der Waals surface area contributed by atoms with Crippen LogP contribution in [0.25, 0.3) is 0 Å². The van der Waals surface area contributed by atoms with Gasteiger partial charge < -0.3 is 19.4 Å². The molecule has 0 bridgehead atoms. The first-order valence-electron chi connectivity index (χ1n) is 8.91. The van der Waals surface area contributed by atoms with Crippen molar-refractivity contribution in [2.45, 2.75) is 12.5 Å². The molecule has 0 saturated carbocycles. The van der Waals surface area contributed by atoms with Gasteiger partial charge in [0.25, 0.3) is 0 Å². The van der Waals surface area contributed by atoms with Crippen LogP contribution in [0.3, 0.4) is 0 Å². The largest absolute Gasteiger partial charge is 0.469 e. The summed E-state index contributed by atoms with van der Waals surface area (Å²) in [6.07, 6.45) is 8.57. The third-order valence-corrected chi connectivity index (χ3v) is 4.85. The number of rotatable bonds is 7. The van der Waals surface area contributed by atoms with Crippen LogP contribution in [-0.2, 0) is 18.2 Å². The SMILES string of the molecule is CSCCN=C(NCCc1ccco1)N1CCOC(c2cnn(C)c2)C1.I. The quantitative estimate of drug-likeness (QED) is 0.270. The molecule has 1 saturated heterocycles. The molecule has 1 atom stereocenters. The van der Waals surface area contributed by atoms with Gasteiger partial charge in [-0.2, -0.15) is 16.9 Å². The van der Waals surface area contributed by atoms with Crippen LogP contribution in [0, 0.1) is 0 Å². The first kappa shape index (κ1) is 22.1. The molecule has 0 aliphatic carbocycles. The number of aliphatic imine (C=N–C) groups is 1. The molecule has 1 aliphatic rings. The summed E-state index contributed by atoms with van der Waals surface area (Å²) in [5.74, 6) is 2.94. The van der Waals surface area contributed by atoms with Crippen LogP contribution in [0.5, 0.6) is 0 Å². The second kappa shape index (κ2) is 11.6. The number of nitrogens with zero attached hydrogens (tertiary/aromatic N) is 4. The van der Waals surface area contributed by atoms with Gasteiger partial charge in [0.15, 0.2) is 5.96 Å². The fourth-order valence-electron chi connectivity index (χ4n) is 2.91. The Labute approximate surface area is 181 Å². The van der Waals surface area contributed by atoms with Crippen LogP contribution in [-0.4, -0.2) is 65.4 Å². The molecule has 1 fully saturated rings. The highest BCUT2D eigenvalue weighted by Crippen LogP contribution is 2.21. The fraction of sp³-hybridized carbons (Fsp3) is 0.556. The number of hydrogen-bond donors (Lipinski definition) is 1. The van der Waals surface area contributed by atoms with Gasteiger partial charge in [-0.05, 0) is 18.4 Å². The standard InChI is InChI=1S/C18H27N5O2S.HI/c1-22-13-15(12-21-22)17-14-23(8-10-25-17)18(20-7-11-26-2)19-6-5-16-4-3-9-24-16;/h3-4,9,12-13,17H,5-8,10-11,14H2,1-2H3,(H,19,20);1H. The molecule has 7 nitrogen and oxygen atoms in total. The molecule has 9 heteroatoms. The van der Waals surface area contributed by atoms with Crippen LogP contribution in [0.2, 0.25) is 0 Å². The maximum Gasteiger partial charge on any atom is 0.194 e. The topological polar surface area (TPSA) is 67.8 Å². The molecule has 2 aromatic heterocycles. The smallest absolute Gasteiger partial charge is 0.194 e. The molecule has 3 heterocycles. The molecular weight excluding hydrogens is 477 g/mol. The van der Waals surface area contributed by atoms with Crippen LogP contribution in [0.1, 0.15) is 17.4 Å². The van der Waals surface area contributed by atoms with Crippen molar-refractivity contribution in [1.82, 2.24) is 20.0 Å². The molecule has 1 unspecified atom stereocenters. The third kappa shape index (κ3) is 6.72. The van der Waals surface area contributed by atoms with E-state index in [0.717, 1.165) is 55.6 Å². The first-order chi connectivity index (χ1) is 12.8. The number of furan rings is 1. The highest BCUT2D eigenvalue weighted by molar-refractivity contribution is 14.0. The van der Waals surface area contributed by atoms with Crippen molar-refractivity contribution in [2.75, 3.05) is 44.8 Å². The minimum Gasteiger partial charge on any atom is -0.469 e. The normalized spacial score (nSPS) is 17.6. The van der Waals surface area contributed by atoms with Gasteiger partial charge >= 0.3 is 0 Å². The third-order valence-electron chi connectivity index (χ3n) is 4.25. The Morgan fingerprint density at radius 1 is 1.48 bits per heavy atom. The monoisotopic (exact) mass is 505 g/mol. The lowest BCUT2D eigenvalue weighted by Gasteiger charge is -2.35. The Morgan fingerprint density at radius 3 is 3.07 bits per heavy atom. The lowest BCUT2D eigenvalue weighted by atomic mass is 10.1. The van der Waals surface area contributed by atoms with E-state index >= 15 is 0 Å². The molecule has 150 valence electrons. The van der Waals surface area contributed by atoms with Gasteiger partial charge in [0, 0.05) is 44.1 Å². The molecule has 1 N–H and O–H groups in total. The number of aryl methyl sites for hydroxylation is 1. The number of aromatic nitrogens is 2. The number of guanidine groups is 1. The molecule has 0 spiro atoms. The second-order valence-electron chi connectivity index (χ2n) is 6.21. The maximum atomic E-state index is 5.95. The summed E-state index contributed by atoms with van der Waals surface area (Å²) < 4.78 is 13.2. The summed E-state index contributed by atoms with van der Waals surface area (Å²) in [4.78, 5) is 7.07. The van der Waals surface area contributed by atoms with E-state index in [1.54, 1.807) is 6.26 Å². The Kier molecular flexibility index (Phi) is 9.49. The average Bonchev–Trinajstić information content (AvgIpc) is 3.32. The van der Waals surface area contributed by atoms with Gasteiger partial charge in [-0.15, -0.1) is 24.0 Å². The number of halogens is 1. The summed E-state index contributed by atoms with van der Waals surface area (Å²) in [6.45, 7) is 3.89. The number of hydrogen-bond acceptors (Lipinski definition) is 5. The molecule has 1 aliphatic heterocycles. The predicted molar refractivity (Wildman–Crippen MR) is 120 cm³/mol. The summed E-state index contributed by atoms with van der Waals surface area (Å²) >= 11 is 1.81. The highest BCUT2D eigenvalue weighted by Gasteiger charge is 2.25. The Hall–Kier alpha value is -1.20. The van der Waals surface area contributed by atoms with Gasteiger partial charge in [-0.25, -0.2) is 0 Å². The Bertz CT molecular complexity index is 692. The lowest BCUT2D eigenvalue weighted by Crippen LogP contribution is -2.48. The fourth-order valence-corrected chi connectivity index (χ4v) is 3.19. The van der Waals surface area contributed by atoms with Crippen LogP contribution in [0.15, 0.2) is 40.2 Å². The van der Waals surface area contributed by atoms with E-state index in [4.69, 9.17) is 14.1 Å². The summed E-state index contributed by atoms with van der Waals surface area (Å²) in [7, 11) is 1.93. The number of morpholine rings is 1. The zero-order chi connectivity index (χ0) is 18.2. The Balaban J connectivity index is 0.00000261. The van der Waals surface area contributed by atoms with Gasteiger partial charge in [-0.3, -0.25) is 9.67 Å². The van der Waals surface area contributed by atoms with E-state index in [-0.39, 0.29) is 30.1 Å². The van der Waals surface area contributed by atoms with Gasteiger partial charge in [-0.1, -0.05) is 0 Å². The molecule has 3 rings (SSSR count). The highest BCUT2D eigenvalue weighted by atomic mass is 127. The van der Waals surface area contributed by atoms with Crippen molar-refractivity contribution in [3.63, 3.8) is 0 Å². The number of thioether (sulfide) groups is 1. The predicted octanol–water partition coefficient (Wildman–Crippen LogP) is 2.56. The van der Waals surface area contributed by atoms with Crippen molar-refractivity contribution < 1.29 is 9.15 Å². The number of nitrogens with one attached hydrogen (secondary N) is 1. The summed E-state index contributed by atoms with van der Waals surface area (Å²) in [6, 6.07) is 3.92. The Morgan fingerprint density at radius 2 is 2.37 bits per heavy atom. The van der Waals surface area contributed by atoms with E-state index in [2.05, 4.69) is 21.6 Å². The second-order valence-corrected chi connectivity index (χ2v) is 7.19. The molecule has 0 radical (unpaired) electrons. The number of ether oxygens (including phenoxy) is 1. The zero-order valence-corrected chi connectivity index (χ0v) is 19.0. The van der Waals surface area contributed by atoms with E-state index in [9.17, 15) is 0 Å². The summed E-state index contributed by atoms with van der Waals surface area (Å²) in [5, 5.41) is 7.75. The molecule has 0 amide bonds. The van der Waals surface area contributed by atoms with Gasteiger partial charge in [0.2, 0.25) is 0 Å². The maximum absolute atomic E-state index is 5.95. The summed E-state index contributed by atoms with van der Waals surface area (Å²) in [5.41, 5.74) is 1.11. The lowest BCUT2D eigenvalue weighted by molar-refractivity contribution is -0.00805. The first-order valence-corrected chi connectivity index (χ1v) is 10.3. The van der Waals surface area contributed by atoms with Crippen molar-refractivity contribution in [1.29, 1.82) is 0 Å². The molecule has 2 aromatic rings. The van der Waals surface area contributed by atoms with E-state index < -0.39 is 0 Å². The minimum atomic E-state index is 0. The van der Waals surface area contributed by atoms with E-state index in [1.807, 2.05) is 48.0 Å². The zero-order valence-electron chi connectivity index (χ0n) is 15.8. The van der Waals surface area contributed by atoms with Crippen molar-refractivity contribution >= 4 is 41.7 Å². The van der Waals surface area contributed by atoms with E-state index in [1.165, 1.54) is 0 Å². The van der Waals surface area contributed by atoms with Crippen molar-refractivity contribution in [3.8, 4) is 0 Å². The molecule has 27 heavy (non-hydrogen) atoms.